The first-order chi connectivity index (χ1) is 6.87. The molecule has 2 nitrogen and oxygen atoms in total. The molecule has 0 radical (unpaired) electrons. The summed E-state index contributed by atoms with van der Waals surface area (Å²) < 4.78 is 5.42. The molecule has 1 saturated heterocycles. The van der Waals surface area contributed by atoms with Gasteiger partial charge < -0.3 is 10.1 Å². The van der Waals surface area contributed by atoms with Crippen molar-refractivity contribution in [3.05, 3.63) is 0 Å². The SMILES string of the molecule is CC#CCNC1CCC12CCOCC2. The Morgan fingerprint density at radius 1 is 1.36 bits per heavy atom. The summed E-state index contributed by atoms with van der Waals surface area (Å²) >= 11 is 0. The van der Waals surface area contributed by atoms with E-state index in [9.17, 15) is 0 Å². The van der Waals surface area contributed by atoms with E-state index in [1.54, 1.807) is 0 Å². The lowest BCUT2D eigenvalue weighted by molar-refractivity contribution is -0.0535. The van der Waals surface area contributed by atoms with Gasteiger partial charge in [-0.2, -0.15) is 0 Å². The Labute approximate surface area is 86.4 Å². The summed E-state index contributed by atoms with van der Waals surface area (Å²) in [5.41, 5.74) is 0.563. The summed E-state index contributed by atoms with van der Waals surface area (Å²) in [6.07, 6.45) is 5.19. The van der Waals surface area contributed by atoms with E-state index in [1.807, 2.05) is 6.92 Å². The van der Waals surface area contributed by atoms with Crippen LogP contribution in [0.3, 0.4) is 0 Å². The van der Waals surface area contributed by atoms with Crippen LogP contribution in [0.1, 0.15) is 32.6 Å². The van der Waals surface area contributed by atoms with Crippen molar-refractivity contribution >= 4 is 0 Å². The topological polar surface area (TPSA) is 21.3 Å². The van der Waals surface area contributed by atoms with Crippen molar-refractivity contribution in [3.8, 4) is 11.8 Å². The highest BCUT2D eigenvalue weighted by Gasteiger charge is 2.46. The predicted molar refractivity (Wildman–Crippen MR) is 57.0 cm³/mol. The Morgan fingerprint density at radius 3 is 2.71 bits per heavy atom. The van der Waals surface area contributed by atoms with E-state index < -0.39 is 0 Å². The van der Waals surface area contributed by atoms with Gasteiger partial charge in [-0.15, -0.1) is 5.92 Å². The fraction of sp³-hybridized carbons (Fsp3) is 0.833. The molecule has 78 valence electrons. The number of nitrogens with one attached hydrogen (secondary N) is 1. The molecule has 2 rings (SSSR count). The molecule has 2 heteroatoms. The van der Waals surface area contributed by atoms with Crippen molar-refractivity contribution in [1.82, 2.24) is 5.32 Å². The second-order valence-electron chi connectivity index (χ2n) is 4.37. The lowest BCUT2D eigenvalue weighted by Gasteiger charge is -2.52. The molecule has 1 unspecified atom stereocenters. The molecule has 14 heavy (non-hydrogen) atoms. The Morgan fingerprint density at radius 2 is 2.14 bits per heavy atom. The second kappa shape index (κ2) is 4.33. The average Bonchev–Trinajstić information content (AvgIpc) is 2.24. The summed E-state index contributed by atoms with van der Waals surface area (Å²) in [5.74, 6) is 6.00. The highest BCUT2D eigenvalue weighted by molar-refractivity contribution is 5.04. The van der Waals surface area contributed by atoms with Gasteiger partial charge in [-0.05, 0) is 38.0 Å². The standard InChI is InChI=1S/C12H19NO/c1-2-3-8-13-11-4-5-12(11)6-9-14-10-7-12/h11,13H,4-10H2,1H3. The Bertz CT molecular complexity index is 245. The summed E-state index contributed by atoms with van der Waals surface area (Å²) in [7, 11) is 0. The van der Waals surface area contributed by atoms with Crippen LogP contribution in [0.15, 0.2) is 0 Å². The number of hydrogen-bond acceptors (Lipinski definition) is 2. The molecule has 1 heterocycles. The van der Waals surface area contributed by atoms with E-state index in [1.165, 1.54) is 25.7 Å². The minimum Gasteiger partial charge on any atom is -0.381 e. The van der Waals surface area contributed by atoms with E-state index in [0.29, 0.717) is 11.5 Å². The van der Waals surface area contributed by atoms with Crippen molar-refractivity contribution in [3.63, 3.8) is 0 Å². The van der Waals surface area contributed by atoms with Gasteiger partial charge in [0.2, 0.25) is 0 Å². The van der Waals surface area contributed by atoms with Gasteiger partial charge in [0.25, 0.3) is 0 Å². The van der Waals surface area contributed by atoms with E-state index in [0.717, 1.165) is 19.8 Å². The Balaban J connectivity index is 1.83. The highest BCUT2D eigenvalue weighted by Crippen LogP contribution is 2.48. The van der Waals surface area contributed by atoms with Crippen molar-refractivity contribution in [1.29, 1.82) is 0 Å². The van der Waals surface area contributed by atoms with Gasteiger partial charge in [0, 0.05) is 19.3 Å². The molecule has 2 aliphatic rings. The lowest BCUT2D eigenvalue weighted by atomic mass is 9.60. The molecule has 0 aromatic rings. The maximum absolute atomic E-state index is 5.42. The van der Waals surface area contributed by atoms with Gasteiger partial charge in [-0.25, -0.2) is 0 Å². The third-order valence-corrected chi connectivity index (χ3v) is 3.77. The van der Waals surface area contributed by atoms with E-state index in [4.69, 9.17) is 4.74 Å². The van der Waals surface area contributed by atoms with Crippen LogP contribution in [0.2, 0.25) is 0 Å². The zero-order valence-corrected chi connectivity index (χ0v) is 8.94. The molecular formula is C12H19NO. The third-order valence-electron chi connectivity index (χ3n) is 3.77. The van der Waals surface area contributed by atoms with Crippen LogP contribution in [0, 0.1) is 17.3 Å². The van der Waals surface area contributed by atoms with Crippen LogP contribution in [0.4, 0.5) is 0 Å². The number of rotatable bonds is 2. The van der Waals surface area contributed by atoms with Crippen LogP contribution < -0.4 is 5.32 Å². The third kappa shape index (κ3) is 1.80. The monoisotopic (exact) mass is 193 g/mol. The average molecular weight is 193 g/mol. The highest BCUT2D eigenvalue weighted by atomic mass is 16.5. The molecule has 1 aliphatic heterocycles. The van der Waals surface area contributed by atoms with Crippen LogP contribution in [0.25, 0.3) is 0 Å². The summed E-state index contributed by atoms with van der Waals surface area (Å²) in [4.78, 5) is 0. The normalized spacial score (nSPS) is 29.1. The summed E-state index contributed by atoms with van der Waals surface area (Å²) in [6.45, 7) is 4.66. The molecule has 0 aromatic carbocycles. The second-order valence-corrected chi connectivity index (χ2v) is 4.37. The van der Waals surface area contributed by atoms with Gasteiger partial charge in [-0.3, -0.25) is 0 Å². The van der Waals surface area contributed by atoms with Crippen molar-refractivity contribution in [2.75, 3.05) is 19.8 Å². The fourth-order valence-corrected chi connectivity index (χ4v) is 2.65. The summed E-state index contributed by atoms with van der Waals surface area (Å²) in [5, 5.41) is 3.55. The lowest BCUT2D eigenvalue weighted by Crippen LogP contribution is -2.55. The van der Waals surface area contributed by atoms with Crippen LogP contribution in [-0.2, 0) is 4.74 Å². The Kier molecular flexibility index (Phi) is 3.10. The van der Waals surface area contributed by atoms with Gasteiger partial charge in [-0.1, -0.05) is 5.92 Å². The first-order valence-electron chi connectivity index (χ1n) is 5.58. The van der Waals surface area contributed by atoms with E-state index in [2.05, 4.69) is 17.2 Å². The molecule has 0 amide bonds. The molecule has 1 saturated carbocycles. The van der Waals surface area contributed by atoms with Crippen LogP contribution in [0.5, 0.6) is 0 Å². The molecule has 1 spiro atoms. The Hall–Kier alpha value is -0.520. The van der Waals surface area contributed by atoms with E-state index >= 15 is 0 Å². The van der Waals surface area contributed by atoms with Crippen LogP contribution >= 0.6 is 0 Å². The minimum atomic E-state index is 0.563. The van der Waals surface area contributed by atoms with Crippen molar-refractivity contribution < 1.29 is 4.74 Å². The number of hydrogen-bond donors (Lipinski definition) is 1. The van der Waals surface area contributed by atoms with Gasteiger partial charge >= 0.3 is 0 Å². The van der Waals surface area contributed by atoms with Crippen molar-refractivity contribution in [2.45, 2.75) is 38.6 Å². The van der Waals surface area contributed by atoms with Gasteiger partial charge in [0.05, 0.1) is 6.54 Å². The van der Waals surface area contributed by atoms with Gasteiger partial charge in [0.15, 0.2) is 0 Å². The largest absolute Gasteiger partial charge is 0.381 e. The molecule has 0 aromatic heterocycles. The zero-order chi connectivity index (χ0) is 9.86. The minimum absolute atomic E-state index is 0.563. The van der Waals surface area contributed by atoms with E-state index in [-0.39, 0.29) is 0 Å². The smallest absolute Gasteiger partial charge is 0.0578 e. The first-order valence-corrected chi connectivity index (χ1v) is 5.58. The quantitative estimate of drug-likeness (QED) is 0.672. The molecule has 1 N–H and O–H groups in total. The molecule has 0 bridgehead atoms. The number of ether oxygens (including phenoxy) is 1. The fourth-order valence-electron chi connectivity index (χ4n) is 2.65. The molecule has 1 atom stereocenters. The molecule has 1 aliphatic carbocycles. The predicted octanol–water partition coefficient (Wildman–Crippen LogP) is 1.56. The maximum Gasteiger partial charge on any atom is 0.0578 e. The maximum atomic E-state index is 5.42. The van der Waals surface area contributed by atoms with Crippen molar-refractivity contribution in [2.24, 2.45) is 5.41 Å². The van der Waals surface area contributed by atoms with Gasteiger partial charge in [0.1, 0.15) is 0 Å². The molecular weight excluding hydrogens is 174 g/mol. The summed E-state index contributed by atoms with van der Waals surface area (Å²) in [6, 6.07) is 0.701. The molecule has 2 fully saturated rings. The zero-order valence-electron chi connectivity index (χ0n) is 8.94. The van der Waals surface area contributed by atoms with Crippen LogP contribution in [-0.4, -0.2) is 25.8 Å². The first kappa shape index (κ1) is 10.0.